The van der Waals surface area contributed by atoms with Gasteiger partial charge in [0.05, 0.1) is 0 Å². The monoisotopic (exact) mass is 362 g/mol. The molecule has 3 aromatic rings. The first-order chi connectivity index (χ1) is 12.8. The highest BCUT2D eigenvalue weighted by Crippen LogP contribution is 2.29. The topological polar surface area (TPSA) is 51.2 Å². The maximum absolute atomic E-state index is 12.4. The van der Waals surface area contributed by atoms with E-state index in [1.165, 1.54) is 5.56 Å². The fourth-order valence-corrected chi connectivity index (χ4v) is 3.67. The average molecular weight is 362 g/mol. The number of aromatic nitrogens is 1. The minimum absolute atomic E-state index is 0.114. The molecule has 0 aliphatic carbocycles. The lowest BCUT2D eigenvalue weighted by molar-refractivity contribution is -0.122. The molecule has 0 bridgehead atoms. The van der Waals surface area contributed by atoms with E-state index in [0.29, 0.717) is 6.42 Å². The van der Waals surface area contributed by atoms with Gasteiger partial charge in [-0.05, 0) is 47.5 Å². The van der Waals surface area contributed by atoms with Crippen LogP contribution in [0.15, 0.2) is 78.0 Å². The molecule has 5 heteroatoms. The van der Waals surface area contributed by atoms with Crippen molar-refractivity contribution in [3.05, 3.63) is 84.2 Å². The molecule has 1 aromatic heterocycles. The van der Waals surface area contributed by atoms with Crippen LogP contribution in [0.25, 0.3) is 0 Å². The molecular weight excluding hydrogens is 344 g/mol. The standard InChI is InChI=1S/C21H18N2O2S/c24-21(20-12-16-5-1-2-6-19(16)25-20)23-17-7-9-18(10-8-17)26-14-15-4-3-11-22-13-15/h1-11,13,20H,12,14H2,(H,23,24). The summed E-state index contributed by atoms with van der Waals surface area (Å²) >= 11 is 1.74. The number of rotatable bonds is 5. The molecular formula is C21H18N2O2S. The Bertz CT molecular complexity index is 872. The van der Waals surface area contributed by atoms with E-state index in [1.54, 1.807) is 18.0 Å². The molecule has 1 unspecified atom stereocenters. The average Bonchev–Trinajstić information content (AvgIpc) is 3.13. The quantitative estimate of drug-likeness (QED) is 0.687. The van der Waals surface area contributed by atoms with Crippen LogP contribution in [0.1, 0.15) is 11.1 Å². The lowest BCUT2D eigenvalue weighted by atomic mass is 10.1. The van der Waals surface area contributed by atoms with Gasteiger partial charge in [0, 0.05) is 35.2 Å². The van der Waals surface area contributed by atoms with Crippen molar-refractivity contribution in [3.8, 4) is 5.75 Å². The molecule has 0 saturated carbocycles. The molecule has 0 spiro atoms. The van der Waals surface area contributed by atoms with E-state index in [-0.39, 0.29) is 5.91 Å². The lowest BCUT2D eigenvalue weighted by Gasteiger charge is -2.11. The van der Waals surface area contributed by atoms with Crippen molar-refractivity contribution >= 4 is 23.4 Å². The van der Waals surface area contributed by atoms with Gasteiger partial charge in [-0.3, -0.25) is 9.78 Å². The summed E-state index contributed by atoms with van der Waals surface area (Å²) in [4.78, 5) is 17.7. The molecule has 1 aliphatic heterocycles. The van der Waals surface area contributed by atoms with E-state index >= 15 is 0 Å². The number of anilines is 1. The highest BCUT2D eigenvalue weighted by molar-refractivity contribution is 7.98. The van der Waals surface area contributed by atoms with Crippen LogP contribution in [0.4, 0.5) is 5.69 Å². The van der Waals surface area contributed by atoms with Crippen molar-refractivity contribution in [2.24, 2.45) is 0 Å². The molecule has 1 amide bonds. The zero-order valence-corrected chi connectivity index (χ0v) is 14.9. The number of hydrogen-bond acceptors (Lipinski definition) is 4. The van der Waals surface area contributed by atoms with Crippen LogP contribution in [-0.4, -0.2) is 17.0 Å². The summed E-state index contributed by atoms with van der Waals surface area (Å²) < 4.78 is 5.73. The number of ether oxygens (including phenoxy) is 1. The second-order valence-corrected chi connectivity index (χ2v) is 7.13. The summed E-state index contributed by atoms with van der Waals surface area (Å²) in [5.41, 5.74) is 3.04. The van der Waals surface area contributed by atoms with E-state index in [1.807, 2.05) is 60.8 Å². The third-order valence-corrected chi connectivity index (χ3v) is 5.27. The summed E-state index contributed by atoms with van der Waals surface area (Å²) in [5, 5.41) is 2.94. The summed E-state index contributed by atoms with van der Waals surface area (Å²) in [7, 11) is 0. The molecule has 0 saturated heterocycles. The maximum atomic E-state index is 12.4. The van der Waals surface area contributed by atoms with Crippen LogP contribution >= 0.6 is 11.8 Å². The Labute approximate surface area is 156 Å². The van der Waals surface area contributed by atoms with E-state index in [0.717, 1.165) is 27.6 Å². The zero-order valence-electron chi connectivity index (χ0n) is 14.1. The first-order valence-electron chi connectivity index (χ1n) is 8.45. The van der Waals surface area contributed by atoms with Crippen LogP contribution in [-0.2, 0) is 17.0 Å². The molecule has 1 N–H and O–H groups in total. The van der Waals surface area contributed by atoms with Gasteiger partial charge >= 0.3 is 0 Å². The van der Waals surface area contributed by atoms with Crippen molar-refractivity contribution in [1.29, 1.82) is 0 Å². The van der Waals surface area contributed by atoms with Gasteiger partial charge in [-0.2, -0.15) is 0 Å². The van der Waals surface area contributed by atoms with Gasteiger partial charge in [-0.25, -0.2) is 0 Å². The SMILES string of the molecule is O=C(Nc1ccc(SCc2cccnc2)cc1)C1Cc2ccccc2O1. The van der Waals surface area contributed by atoms with E-state index in [4.69, 9.17) is 4.74 Å². The molecule has 1 aliphatic rings. The van der Waals surface area contributed by atoms with E-state index < -0.39 is 6.10 Å². The van der Waals surface area contributed by atoms with Crippen LogP contribution < -0.4 is 10.1 Å². The molecule has 2 heterocycles. The number of amides is 1. The first-order valence-corrected chi connectivity index (χ1v) is 9.44. The molecule has 4 nitrogen and oxygen atoms in total. The summed E-state index contributed by atoms with van der Waals surface area (Å²) in [6, 6.07) is 19.7. The number of carbonyl (C=O) groups excluding carboxylic acids is 1. The Morgan fingerprint density at radius 2 is 1.96 bits per heavy atom. The number of pyridine rings is 1. The third-order valence-electron chi connectivity index (χ3n) is 4.19. The fourth-order valence-electron chi connectivity index (χ4n) is 2.84. The van der Waals surface area contributed by atoms with Crippen LogP contribution in [0.3, 0.4) is 0 Å². The minimum Gasteiger partial charge on any atom is -0.480 e. The van der Waals surface area contributed by atoms with E-state index in [9.17, 15) is 4.79 Å². The number of fused-ring (bicyclic) bond motifs is 1. The Balaban J connectivity index is 1.32. The first kappa shape index (κ1) is 16.7. The maximum Gasteiger partial charge on any atom is 0.265 e. The van der Waals surface area contributed by atoms with Crippen molar-refractivity contribution in [2.45, 2.75) is 23.2 Å². The summed E-state index contributed by atoms with van der Waals surface area (Å²) in [6.07, 6.45) is 3.80. The smallest absolute Gasteiger partial charge is 0.265 e. The van der Waals surface area contributed by atoms with Crippen molar-refractivity contribution in [3.63, 3.8) is 0 Å². The molecule has 2 aromatic carbocycles. The second kappa shape index (κ2) is 7.62. The Hall–Kier alpha value is -2.79. The molecule has 0 radical (unpaired) electrons. The van der Waals surface area contributed by atoms with Crippen molar-refractivity contribution in [2.75, 3.05) is 5.32 Å². The molecule has 130 valence electrons. The largest absolute Gasteiger partial charge is 0.480 e. The number of nitrogens with one attached hydrogen (secondary N) is 1. The number of carbonyl (C=O) groups is 1. The lowest BCUT2D eigenvalue weighted by Crippen LogP contribution is -2.31. The highest BCUT2D eigenvalue weighted by Gasteiger charge is 2.28. The predicted octanol–water partition coefficient (Wildman–Crippen LogP) is 4.32. The highest BCUT2D eigenvalue weighted by atomic mass is 32.2. The van der Waals surface area contributed by atoms with Gasteiger partial charge in [0.2, 0.25) is 0 Å². The van der Waals surface area contributed by atoms with Gasteiger partial charge in [-0.1, -0.05) is 24.3 Å². The summed E-state index contributed by atoms with van der Waals surface area (Å²) in [6.45, 7) is 0. The number of para-hydroxylation sites is 1. The fraction of sp³-hybridized carbons (Fsp3) is 0.143. The molecule has 1 atom stereocenters. The van der Waals surface area contributed by atoms with Gasteiger partial charge in [0.25, 0.3) is 5.91 Å². The van der Waals surface area contributed by atoms with Gasteiger partial charge in [0.1, 0.15) is 5.75 Å². The Morgan fingerprint density at radius 1 is 1.12 bits per heavy atom. The van der Waals surface area contributed by atoms with Gasteiger partial charge in [-0.15, -0.1) is 11.8 Å². The van der Waals surface area contributed by atoms with Crippen molar-refractivity contribution in [1.82, 2.24) is 4.98 Å². The molecule has 4 rings (SSSR count). The minimum atomic E-state index is -0.466. The van der Waals surface area contributed by atoms with Crippen LogP contribution in [0, 0.1) is 0 Å². The summed E-state index contributed by atoms with van der Waals surface area (Å²) in [5.74, 6) is 1.56. The zero-order chi connectivity index (χ0) is 17.8. The number of nitrogens with zero attached hydrogens (tertiary/aromatic N) is 1. The predicted molar refractivity (Wildman–Crippen MR) is 103 cm³/mol. The van der Waals surface area contributed by atoms with Gasteiger partial charge < -0.3 is 10.1 Å². The van der Waals surface area contributed by atoms with Crippen LogP contribution in [0.2, 0.25) is 0 Å². The molecule has 0 fully saturated rings. The normalized spacial score (nSPS) is 15.2. The van der Waals surface area contributed by atoms with Crippen LogP contribution in [0.5, 0.6) is 5.75 Å². The number of hydrogen-bond donors (Lipinski definition) is 1. The number of benzene rings is 2. The molecule has 26 heavy (non-hydrogen) atoms. The second-order valence-electron chi connectivity index (χ2n) is 6.08. The number of thioether (sulfide) groups is 1. The van der Waals surface area contributed by atoms with E-state index in [2.05, 4.69) is 16.4 Å². The van der Waals surface area contributed by atoms with Gasteiger partial charge in [0.15, 0.2) is 6.10 Å². The van der Waals surface area contributed by atoms with Crippen molar-refractivity contribution < 1.29 is 9.53 Å². The third kappa shape index (κ3) is 3.89. The Morgan fingerprint density at radius 3 is 2.73 bits per heavy atom. The Kier molecular flexibility index (Phi) is 4.88.